The topological polar surface area (TPSA) is 52.3 Å². The van der Waals surface area contributed by atoms with E-state index in [2.05, 4.69) is 0 Å². The molecule has 3 atom stereocenters. The van der Waals surface area contributed by atoms with E-state index in [1.54, 1.807) is 7.11 Å². The molecule has 2 aliphatic carbocycles. The monoisotopic (exact) mass is 231 g/mol. The minimum Gasteiger partial charge on any atom is -0.497 e. The molecule has 2 bridgehead atoms. The third-order valence-corrected chi connectivity index (χ3v) is 4.24. The summed E-state index contributed by atoms with van der Waals surface area (Å²) in [5.41, 5.74) is 8.09. The predicted molar refractivity (Wildman–Crippen MR) is 65.1 cm³/mol. The van der Waals surface area contributed by atoms with Crippen LogP contribution >= 0.6 is 0 Å². The Kier molecular flexibility index (Phi) is 2.44. The molecule has 0 spiro atoms. The first-order valence-corrected chi connectivity index (χ1v) is 6.18. The maximum atomic E-state index is 12.3. The Bertz CT molecular complexity index is 469. The van der Waals surface area contributed by atoms with Crippen LogP contribution < -0.4 is 10.5 Å². The molecule has 0 aliphatic heterocycles. The number of hydrogen-bond acceptors (Lipinski definition) is 3. The standard InChI is InChI=1S/C14H17NO2/c1-17-10-4-5-11-12(7-10)13(15)8-2-3-9(6-8)14(11)16/h4-5,7-9,13H,2-3,6,15H2,1H3. The van der Waals surface area contributed by atoms with E-state index in [0.29, 0.717) is 5.92 Å². The minimum absolute atomic E-state index is 0.0171. The van der Waals surface area contributed by atoms with E-state index in [1.165, 1.54) is 0 Å². The van der Waals surface area contributed by atoms with Crippen LogP contribution in [0.1, 0.15) is 41.2 Å². The van der Waals surface area contributed by atoms with E-state index in [0.717, 1.165) is 36.1 Å². The number of fused-ring (bicyclic) bond motifs is 3. The third kappa shape index (κ3) is 1.57. The molecule has 90 valence electrons. The molecule has 3 rings (SSSR count). The number of nitrogens with two attached hydrogens (primary N) is 1. The molecule has 0 saturated heterocycles. The van der Waals surface area contributed by atoms with Crippen LogP contribution in [0.15, 0.2) is 18.2 Å². The van der Waals surface area contributed by atoms with Crippen LogP contribution in [-0.2, 0) is 0 Å². The summed E-state index contributed by atoms with van der Waals surface area (Å²) in [6.07, 6.45) is 3.04. The van der Waals surface area contributed by atoms with Crippen molar-refractivity contribution < 1.29 is 9.53 Å². The van der Waals surface area contributed by atoms with Crippen molar-refractivity contribution in [2.75, 3.05) is 7.11 Å². The summed E-state index contributed by atoms with van der Waals surface area (Å²) >= 11 is 0. The maximum Gasteiger partial charge on any atom is 0.166 e. The van der Waals surface area contributed by atoms with Crippen molar-refractivity contribution in [2.24, 2.45) is 17.6 Å². The Morgan fingerprint density at radius 2 is 2.18 bits per heavy atom. The second kappa shape index (κ2) is 3.84. The summed E-state index contributed by atoms with van der Waals surface area (Å²) in [7, 11) is 1.64. The highest BCUT2D eigenvalue weighted by molar-refractivity contribution is 6.00. The molecule has 3 nitrogen and oxygen atoms in total. The van der Waals surface area contributed by atoms with Crippen LogP contribution in [0.5, 0.6) is 5.75 Å². The van der Waals surface area contributed by atoms with Crippen molar-refractivity contribution in [3.63, 3.8) is 0 Å². The van der Waals surface area contributed by atoms with Gasteiger partial charge in [-0.1, -0.05) is 0 Å². The predicted octanol–water partition coefficient (Wildman–Crippen LogP) is 2.31. The van der Waals surface area contributed by atoms with Gasteiger partial charge in [0.05, 0.1) is 7.11 Å². The smallest absolute Gasteiger partial charge is 0.166 e. The van der Waals surface area contributed by atoms with Gasteiger partial charge in [0, 0.05) is 17.5 Å². The summed E-state index contributed by atoms with van der Waals surface area (Å²) < 4.78 is 5.22. The van der Waals surface area contributed by atoms with Gasteiger partial charge in [-0.25, -0.2) is 0 Å². The van der Waals surface area contributed by atoms with Gasteiger partial charge in [0.2, 0.25) is 0 Å². The fraction of sp³-hybridized carbons (Fsp3) is 0.500. The van der Waals surface area contributed by atoms with Crippen LogP contribution in [0.3, 0.4) is 0 Å². The number of benzene rings is 1. The number of hydrogen-bond donors (Lipinski definition) is 1. The number of methoxy groups -OCH3 is 1. The number of ether oxygens (including phenoxy) is 1. The summed E-state index contributed by atoms with van der Waals surface area (Å²) in [6.45, 7) is 0. The highest BCUT2D eigenvalue weighted by Crippen LogP contribution is 2.44. The molecule has 0 radical (unpaired) electrons. The molecule has 1 saturated carbocycles. The zero-order valence-electron chi connectivity index (χ0n) is 9.98. The van der Waals surface area contributed by atoms with Crippen LogP contribution in [0.2, 0.25) is 0 Å². The van der Waals surface area contributed by atoms with Gasteiger partial charge in [0.15, 0.2) is 5.78 Å². The fourth-order valence-electron chi connectivity index (χ4n) is 3.22. The zero-order chi connectivity index (χ0) is 12.0. The number of carbonyl (C=O) groups excluding carboxylic acids is 1. The molecule has 1 aromatic rings. The summed E-state index contributed by atoms with van der Waals surface area (Å²) in [5, 5.41) is 0. The first-order valence-electron chi connectivity index (χ1n) is 6.18. The largest absolute Gasteiger partial charge is 0.497 e. The van der Waals surface area contributed by atoms with Gasteiger partial charge in [0.1, 0.15) is 5.75 Å². The van der Waals surface area contributed by atoms with Gasteiger partial charge in [-0.3, -0.25) is 4.79 Å². The normalized spacial score (nSPS) is 30.9. The molecule has 2 N–H and O–H groups in total. The lowest BCUT2D eigenvalue weighted by atomic mass is 9.89. The van der Waals surface area contributed by atoms with Gasteiger partial charge in [-0.15, -0.1) is 0 Å². The van der Waals surface area contributed by atoms with Crippen LogP contribution in [0.25, 0.3) is 0 Å². The second-order valence-electron chi connectivity index (χ2n) is 5.11. The van der Waals surface area contributed by atoms with E-state index in [-0.39, 0.29) is 17.7 Å². The average molecular weight is 231 g/mol. The lowest BCUT2D eigenvalue weighted by molar-refractivity contribution is 0.0923. The summed E-state index contributed by atoms with van der Waals surface area (Å²) in [5.74, 6) is 1.71. The molecule has 1 fully saturated rings. The Morgan fingerprint density at radius 3 is 2.94 bits per heavy atom. The molecule has 2 aliphatic rings. The molecule has 17 heavy (non-hydrogen) atoms. The molecule has 0 heterocycles. The molecule has 0 aromatic heterocycles. The number of ketones is 1. The highest BCUT2D eigenvalue weighted by atomic mass is 16.5. The van der Waals surface area contributed by atoms with E-state index in [9.17, 15) is 4.79 Å². The van der Waals surface area contributed by atoms with Gasteiger partial charge >= 0.3 is 0 Å². The van der Waals surface area contributed by atoms with E-state index in [4.69, 9.17) is 10.5 Å². The number of rotatable bonds is 1. The maximum absolute atomic E-state index is 12.3. The summed E-state index contributed by atoms with van der Waals surface area (Å²) in [4.78, 5) is 12.3. The lowest BCUT2D eigenvalue weighted by Gasteiger charge is -2.20. The molecule has 3 unspecified atom stereocenters. The van der Waals surface area contributed by atoms with Gasteiger partial charge in [-0.2, -0.15) is 0 Å². The van der Waals surface area contributed by atoms with Crippen molar-refractivity contribution in [3.8, 4) is 5.75 Å². The van der Waals surface area contributed by atoms with Crippen LogP contribution in [-0.4, -0.2) is 12.9 Å². The summed E-state index contributed by atoms with van der Waals surface area (Å²) in [6, 6.07) is 5.63. The Balaban J connectivity index is 2.13. The van der Waals surface area contributed by atoms with Gasteiger partial charge in [-0.05, 0) is 48.9 Å². The van der Waals surface area contributed by atoms with Crippen LogP contribution in [0.4, 0.5) is 0 Å². The first-order chi connectivity index (χ1) is 8.20. The molecule has 0 amide bonds. The number of carbonyl (C=O) groups is 1. The molecule has 3 heteroatoms. The second-order valence-corrected chi connectivity index (χ2v) is 5.11. The average Bonchev–Trinajstić information content (AvgIpc) is 2.82. The molecular formula is C14H17NO2. The van der Waals surface area contributed by atoms with Crippen LogP contribution in [0, 0.1) is 11.8 Å². The SMILES string of the molecule is COc1ccc2c(c1)C(N)C1CCC(C1)C2=O. The van der Waals surface area contributed by atoms with E-state index < -0.39 is 0 Å². The Labute approximate surface area is 101 Å². The minimum atomic E-state index is -0.0171. The highest BCUT2D eigenvalue weighted by Gasteiger charge is 2.39. The van der Waals surface area contributed by atoms with Gasteiger partial charge < -0.3 is 10.5 Å². The molecule has 1 aromatic carbocycles. The van der Waals surface area contributed by atoms with Crippen molar-refractivity contribution in [2.45, 2.75) is 25.3 Å². The first kappa shape index (κ1) is 10.8. The van der Waals surface area contributed by atoms with E-state index >= 15 is 0 Å². The van der Waals surface area contributed by atoms with Crippen molar-refractivity contribution >= 4 is 5.78 Å². The Morgan fingerprint density at radius 1 is 1.35 bits per heavy atom. The van der Waals surface area contributed by atoms with Crippen molar-refractivity contribution in [1.82, 2.24) is 0 Å². The molecular weight excluding hydrogens is 214 g/mol. The fourth-order valence-corrected chi connectivity index (χ4v) is 3.22. The van der Waals surface area contributed by atoms with E-state index in [1.807, 2.05) is 18.2 Å². The zero-order valence-corrected chi connectivity index (χ0v) is 9.98. The Hall–Kier alpha value is -1.35. The number of Topliss-reactive ketones (excluding diaryl/α,β-unsaturated/α-hetero) is 1. The van der Waals surface area contributed by atoms with Crippen molar-refractivity contribution in [3.05, 3.63) is 29.3 Å². The van der Waals surface area contributed by atoms with Gasteiger partial charge in [0.25, 0.3) is 0 Å². The lowest BCUT2D eigenvalue weighted by Crippen LogP contribution is -2.20. The third-order valence-electron chi connectivity index (χ3n) is 4.24. The van der Waals surface area contributed by atoms with Crippen molar-refractivity contribution in [1.29, 1.82) is 0 Å². The quantitative estimate of drug-likeness (QED) is 0.807.